The highest BCUT2D eigenvalue weighted by Gasteiger charge is 2.38. The average Bonchev–Trinajstić information content (AvgIpc) is 2.66. The lowest BCUT2D eigenvalue weighted by Crippen LogP contribution is -2.38. The van der Waals surface area contributed by atoms with Gasteiger partial charge in [-0.2, -0.15) is 0 Å². The van der Waals surface area contributed by atoms with Gasteiger partial charge in [-0.1, -0.05) is 35.9 Å². The van der Waals surface area contributed by atoms with Crippen molar-refractivity contribution in [3.05, 3.63) is 81.5 Å². The van der Waals surface area contributed by atoms with E-state index in [2.05, 4.69) is 0 Å². The van der Waals surface area contributed by atoms with E-state index in [4.69, 9.17) is 16.3 Å². The summed E-state index contributed by atoms with van der Waals surface area (Å²) in [5.74, 6) is -3.07. The molecule has 1 atom stereocenters. The van der Waals surface area contributed by atoms with Gasteiger partial charge < -0.3 is 9.64 Å². The molecule has 0 spiro atoms. The third-order valence-electron chi connectivity index (χ3n) is 5.04. The number of rotatable bonds is 5. The van der Waals surface area contributed by atoms with Gasteiger partial charge >= 0.3 is 5.97 Å². The van der Waals surface area contributed by atoms with Gasteiger partial charge in [-0.05, 0) is 44.5 Å². The zero-order chi connectivity index (χ0) is 22.0. The number of ether oxygens (including phenoxy) is 1. The molecular formula is C23H22ClF2NO3. The van der Waals surface area contributed by atoms with Crippen LogP contribution in [0.3, 0.4) is 0 Å². The molecule has 1 amide bonds. The Morgan fingerprint density at radius 2 is 1.80 bits per heavy atom. The number of allylic oxidation sites excluding steroid dienone is 1. The van der Waals surface area contributed by atoms with Gasteiger partial charge in [-0.25, -0.2) is 13.6 Å². The van der Waals surface area contributed by atoms with E-state index in [0.29, 0.717) is 16.3 Å². The molecular weight excluding hydrogens is 412 g/mol. The first-order chi connectivity index (χ1) is 14.2. The minimum absolute atomic E-state index is 0.0698. The van der Waals surface area contributed by atoms with Crippen molar-refractivity contribution in [2.75, 3.05) is 0 Å². The molecule has 158 valence electrons. The van der Waals surface area contributed by atoms with Crippen molar-refractivity contribution in [1.82, 2.24) is 4.90 Å². The van der Waals surface area contributed by atoms with Gasteiger partial charge in [0, 0.05) is 28.6 Å². The standard InChI is InChI=1S/C23H22ClF2NO3/c1-13(2)30-23(29)22-14(3)27(12-17-19(25)9-6-10-20(17)26)21(28)11-16(22)15-7-4-5-8-18(15)24/h4-10,13,16H,11-12H2,1-3H3/t16-/m0/s1. The van der Waals surface area contributed by atoms with E-state index in [1.807, 2.05) is 0 Å². The number of nitrogens with zero attached hydrogens (tertiary/aromatic N) is 1. The SMILES string of the molecule is CC1=C(C(=O)OC(C)C)[C@H](c2ccccc2Cl)CC(=O)N1Cc1c(F)cccc1F. The summed E-state index contributed by atoms with van der Waals surface area (Å²) < 4.78 is 33.8. The van der Waals surface area contributed by atoms with Crippen molar-refractivity contribution in [3.8, 4) is 0 Å². The van der Waals surface area contributed by atoms with Gasteiger partial charge in [-0.15, -0.1) is 0 Å². The lowest BCUT2D eigenvalue weighted by Gasteiger charge is -2.35. The van der Waals surface area contributed by atoms with Gasteiger partial charge in [0.05, 0.1) is 18.2 Å². The Morgan fingerprint density at radius 1 is 1.17 bits per heavy atom. The Kier molecular flexibility index (Phi) is 6.56. The smallest absolute Gasteiger partial charge is 0.336 e. The first-order valence-corrected chi connectivity index (χ1v) is 9.98. The van der Waals surface area contributed by atoms with Crippen LogP contribution in [-0.2, 0) is 20.9 Å². The minimum Gasteiger partial charge on any atom is -0.460 e. The van der Waals surface area contributed by atoms with Crippen molar-refractivity contribution >= 4 is 23.5 Å². The summed E-state index contributed by atoms with van der Waals surface area (Å²) in [5.41, 5.74) is 0.940. The summed E-state index contributed by atoms with van der Waals surface area (Å²) in [6, 6.07) is 10.5. The van der Waals surface area contributed by atoms with Gasteiger partial charge in [0.15, 0.2) is 0 Å². The molecule has 3 rings (SSSR count). The highest BCUT2D eigenvalue weighted by molar-refractivity contribution is 6.31. The quantitative estimate of drug-likeness (QED) is 0.596. The van der Waals surface area contributed by atoms with Crippen LogP contribution in [0.15, 0.2) is 53.7 Å². The number of halogens is 3. The molecule has 0 unspecified atom stereocenters. The van der Waals surface area contributed by atoms with Gasteiger partial charge in [0.2, 0.25) is 5.91 Å². The molecule has 1 aliphatic heterocycles. The third-order valence-corrected chi connectivity index (χ3v) is 5.39. The van der Waals surface area contributed by atoms with Crippen LogP contribution in [0.1, 0.15) is 44.2 Å². The monoisotopic (exact) mass is 433 g/mol. The van der Waals surface area contributed by atoms with Crippen LogP contribution in [-0.4, -0.2) is 22.9 Å². The largest absolute Gasteiger partial charge is 0.460 e. The third kappa shape index (κ3) is 4.38. The average molecular weight is 434 g/mol. The molecule has 2 aromatic rings. The maximum atomic E-state index is 14.2. The lowest BCUT2D eigenvalue weighted by molar-refractivity contribution is -0.143. The van der Waals surface area contributed by atoms with Crippen molar-refractivity contribution < 1.29 is 23.1 Å². The molecule has 7 heteroatoms. The second kappa shape index (κ2) is 8.96. The van der Waals surface area contributed by atoms with Crippen molar-refractivity contribution in [3.63, 3.8) is 0 Å². The van der Waals surface area contributed by atoms with E-state index in [9.17, 15) is 18.4 Å². The Bertz CT molecular complexity index is 999. The van der Waals surface area contributed by atoms with Crippen LogP contribution in [0, 0.1) is 11.6 Å². The number of hydrogen-bond donors (Lipinski definition) is 0. The summed E-state index contributed by atoms with van der Waals surface area (Å²) in [4.78, 5) is 27.1. The molecule has 0 radical (unpaired) electrons. The second-order valence-corrected chi connectivity index (χ2v) is 7.82. The van der Waals surface area contributed by atoms with Gasteiger partial charge in [0.25, 0.3) is 0 Å². The molecule has 0 saturated carbocycles. The van der Waals surface area contributed by atoms with Crippen LogP contribution in [0.2, 0.25) is 5.02 Å². The Morgan fingerprint density at radius 3 is 2.40 bits per heavy atom. The molecule has 0 aliphatic carbocycles. The van der Waals surface area contributed by atoms with Crippen LogP contribution < -0.4 is 0 Å². The highest BCUT2D eigenvalue weighted by atomic mass is 35.5. The van der Waals surface area contributed by atoms with Crippen molar-refractivity contribution in [2.24, 2.45) is 0 Å². The van der Waals surface area contributed by atoms with Gasteiger partial charge in [-0.3, -0.25) is 4.79 Å². The maximum absolute atomic E-state index is 14.2. The summed E-state index contributed by atoms with van der Waals surface area (Å²) in [7, 11) is 0. The molecule has 2 aromatic carbocycles. The number of amides is 1. The first kappa shape index (κ1) is 22.0. The molecule has 4 nitrogen and oxygen atoms in total. The van der Waals surface area contributed by atoms with E-state index < -0.39 is 23.5 Å². The van der Waals surface area contributed by atoms with E-state index >= 15 is 0 Å². The Labute approximate surface area is 179 Å². The molecule has 0 bridgehead atoms. The fourth-order valence-electron chi connectivity index (χ4n) is 3.61. The van der Waals surface area contributed by atoms with E-state index in [-0.39, 0.29) is 36.1 Å². The van der Waals surface area contributed by atoms with E-state index in [1.165, 1.54) is 11.0 Å². The van der Waals surface area contributed by atoms with Crippen molar-refractivity contribution in [2.45, 2.75) is 45.8 Å². The lowest BCUT2D eigenvalue weighted by atomic mass is 9.83. The highest BCUT2D eigenvalue weighted by Crippen LogP contribution is 2.40. The first-order valence-electron chi connectivity index (χ1n) is 9.60. The normalized spacial score (nSPS) is 17.0. The predicted molar refractivity (Wildman–Crippen MR) is 110 cm³/mol. The molecule has 1 heterocycles. The molecule has 0 saturated heterocycles. The molecule has 1 aliphatic rings. The Balaban J connectivity index is 2.10. The van der Waals surface area contributed by atoms with Crippen LogP contribution in [0.4, 0.5) is 8.78 Å². The fraction of sp³-hybridized carbons (Fsp3) is 0.304. The summed E-state index contributed by atoms with van der Waals surface area (Å²) in [6.07, 6.45) is -0.445. The number of carbonyl (C=O) groups excluding carboxylic acids is 2. The van der Waals surface area contributed by atoms with E-state index in [0.717, 1.165) is 12.1 Å². The summed E-state index contributed by atoms with van der Waals surface area (Å²) in [6.45, 7) is 4.70. The minimum atomic E-state index is -0.755. The summed E-state index contributed by atoms with van der Waals surface area (Å²) in [5, 5.41) is 0.423. The molecule has 0 N–H and O–H groups in total. The van der Waals surface area contributed by atoms with Crippen molar-refractivity contribution in [1.29, 1.82) is 0 Å². The number of esters is 1. The zero-order valence-electron chi connectivity index (χ0n) is 16.9. The number of hydrogen-bond acceptors (Lipinski definition) is 3. The van der Waals surface area contributed by atoms with Gasteiger partial charge in [0.1, 0.15) is 11.6 Å². The topological polar surface area (TPSA) is 46.6 Å². The number of benzene rings is 2. The Hall–Kier alpha value is -2.73. The maximum Gasteiger partial charge on any atom is 0.336 e. The fourth-order valence-corrected chi connectivity index (χ4v) is 3.88. The van der Waals surface area contributed by atoms with Crippen LogP contribution >= 0.6 is 11.6 Å². The van der Waals surface area contributed by atoms with Crippen LogP contribution in [0.25, 0.3) is 0 Å². The second-order valence-electron chi connectivity index (χ2n) is 7.41. The molecule has 30 heavy (non-hydrogen) atoms. The van der Waals surface area contributed by atoms with E-state index in [1.54, 1.807) is 45.0 Å². The summed E-state index contributed by atoms with van der Waals surface area (Å²) >= 11 is 6.34. The number of carbonyl (C=O) groups is 2. The zero-order valence-corrected chi connectivity index (χ0v) is 17.7. The molecule has 0 aromatic heterocycles. The predicted octanol–water partition coefficient (Wildman–Crippen LogP) is 5.36. The molecule has 0 fully saturated rings. The van der Waals surface area contributed by atoms with Crippen LogP contribution in [0.5, 0.6) is 0 Å².